The van der Waals surface area contributed by atoms with Crippen molar-refractivity contribution in [1.29, 1.82) is 0 Å². The van der Waals surface area contributed by atoms with Crippen LogP contribution >= 0.6 is 0 Å². The third-order valence-corrected chi connectivity index (χ3v) is 4.53. The molecule has 0 aromatic heterocycles. The summed E-state index contributed by atoms with van der Waals surface area (Å²) in [4.78, 5) is 0. The first-order chi connectivity index (χ1) is 9.22. The van der Waals surface area contributed by atoms with Crippen molar-refractivity contribution in [2.75, 3.05) is 0 Å². The van der Waals surface area contributed by atoms with Gasteiger partial charge in [0.15, 0.2) is 0 Å². The molecule has 1 aromatic rings. The number of phenolic OH excluding ortho intramolecular Hbond substituents is 1. The Labute approximate surface area is 114 Å². The van der Waals surface area contributed by atoms with Crippen LogP contribution in [0.4, 0.5) is 0 Å². The SMILES string of the molecule is Oc1ccc2c(c1)C(NC1CCCC(O)C1)CCC2. The highest BCUT2D eigenvalue weighted by Gasteiger charge is 2.26. The Kier molecular flexibility index (Phi) is 3.76. The molecule has 0 radical (unpaired) electrons. The fraction of sp³-hybridized carbons (Fsp3) is 0.625. The average Bonchev–Trinajstić information content (AvgIpc) is 2.39. The van der Waals surface area contributed by atoms with Gasteiger partial charge in [0.2, 0.25) is 0 Å². The standard InChI is InChI=1S/C16H23NO2/c18-13-5-2-4-12(9-13)17-16-6-1-3-11-7-8-14(19)10-15(11)16/h7-8,10,12-13,16-19H,1-6,9H2. The summed E-state index contributed by atoms with van der Waals surface area (Å²) in [5.41, 5.74) is 2.62. The monoisotopic (exact) mass is 261 g/mol. The minimum atomic E-state index is -0.140. The Hall–Kier alpha value is -1.06. The number of fused-ring (bicyclic) bond motifs is 1. The van der Waals surface area contributed by atoms with Crippen molar-refractivity contribution in [2.45, 2.75) is 63.1 Å². The van der Waals surface area contributed by atoms with Crippen LogP contribution in [-0.4, -0.2) is 22.4 Å². The maximum absolute atomic E-state index is 9.77. The Balaban J connectivity index is 1.74. The largest absolute Gasteiger partial charge is 0.508 e. The number of aliphatic hydroxyl groups excluding tert-OH is 1. The van der Waals surface area contributed by atoms with E-state index in [1.54, 1.807) is 6.07 Å². The van der Waals surface area contributed by atoms with Crippen LogP contribution in [0.2, 0.25) is 0 Å². The summed E-state index contributed by atoms with van der Waals surface area (Å²) in [7, 11) is 0. The highest BCUT2D eigenvalue weighted by molar-refractivity contribution is 5.38. The summed E-state index contributed by atoms with van der Waals surface area (Å²) in [6, 6.07) is 6.50. The summed E-state index contributed by atoms with van der Waals surface area (Å²) in [6.07, 6.45) is 7.37. The number of hydrogen-bond donors (Lipinski definition) is 3. The van der Waals surface area contributed by atoms with Gasteiger partial charge in [-0.2, -0.15) is 0 Å². The Morgan fingerprint density at radius 2 is 2.00 bits per heavy atom. The van der Waals surface area contributed by atoms with Gasteiger partial charge in [-0.1, -0.05) is 6.07 Å². The lowest BCUT2D eigenvalue weighted by Gasteiger charge is -2.33. The number of nitrogens with one attached hydrogen (secondary N) is 1. The first-order valence-corrected chi connectivity index (χ1v) is 7.48. The molecule has 0 saturated heterocycles. The van der Waals surface area contributed by atoms with Crippen LogP contribution in [0, 0.1) is 0 Å². The number of aliphatic hydroxyl groups is 1. The minimum absolute atomic E-state index is 0.140. The van der Waals surface area contributed by atoms with Crippen molar-refractivity contribution in [1.82, 2.24) is 5.32 Å². The normalized spacial score (nSPS) is 30.9. The van der Waals surface area contributed by atoms with Gasteiger partial charge in [0.1, 0.15) is 5.75 Å². The topological polar surface area (TPSA) is 52.5 Å². The second-order valence-electron chi connectivity index (χ2n) is 6.01. The number of aryl methyl sites for hydroxylation is 1. The maximum Gasteiger partial charge on any atom is 0.115 e. The van der Waals surface area contributed by atoms with E-state index in [1.165, 1.54) is 17.5 Å². The number of phenols is 1. The lowest BCUT2D eigenvalue weighted by molar-refractivity contribution is 0.107. The molecule has 19 heavy (non-hydrogen) atoms. The molecule has 0 heterocycles. The summed E-state index contributed by atoms with van der Waals surface area (Å²) in [5, 5.41) is 23.2. The summed E-state index contributed by atoms with van der Waals surface area (Å²) in [5.74, 6) is 0.358. The van der Waals surface area contributed by atoms with Gasteiger partial charge in [-0.05, 0) is 68.2 Å². The van der Waals surface area contributed by atoms with Gasteiger partial charge in [0.25, 0.3) is 0 Å². The molecule has 3 heteroatoms. The Bertz CT molecular complexity index is 446. The van der Waals surface area contributed by atoms with E-state index in [0.29, 0.717) is 17.8 Å². The number of rotatable bonds is 2. The van der Waals surface area contributed by atoms with E-state index >= 15 is 0 Å². The van der Waals surface area contributed by atoms with Crippen LogP contribution in [0.5, 0.6) is 5.75 Å². The Morgan fingerprint density at radius 1 is 1.11 bits per heavy atom. The number of aromatic hydroxyl groups is 1. The van der Waals surface area contributed by atoms with Gasteiger partial charge in [0, 0.05) is 12.1 Å². The van der Waals surface area contributed by atoms with Crippen molar-refractivity contribution in [3.63, 3.8) is 0 Å². The van der Waals surface area contributed by atoms with Crippen molar-refractivity contribution in [3.05, 3.63) is 29.3 Å². The average molecular weight is 261 g/mol. The predicted molar refractivity (Wildman–Crippen MR) is 75.2 cm³/mol. The molecule has 1 saturated carbocycles. The molecule has 0 spiro atoms. The fourth-order valence-electron chi connectivity index (χ4n) is 3.56. The van der Waals surface area contributed by atoms with Crippen LogP contribution in [0.15, 0.2) is 18.2 Å². The fourth-order valence-corrected chi connectivity index (χ4v) is 3.56. The Morgan fingerprint density at radius 3 is 2.84 bits per heavy atom. The van der Waals surface area contributed by atoms with E-state index in [4.69, 9.17) is 0 Å². The number of benzene rings is 1. The zero-order valence-corrected chi connectivity index (χ0v) is 11.3. The molecule has 3 N–H and O–H groups in total. The van der Waals surface area contributed by atoms with E-state index in [-0.39, 0.29) is 6.10 Å². The van der Waals surface area contributed by atoms with Gasteiger partial charge < -0.3 is 15.5 Å². The predicted octanol–water partition coefficient (Wildman–Crippen LogP) is 2.66. The lowest BCUT2D eigenvalue weighted by atomic mass is 9.85. The van der Waals surface area contributed by atoms with Gasteiger partial charge in [-0.25, -0.2) is 0 Å². The van der Waals surface area contributed by atoms with Crippen molar-refractivity contribution < 1.29 is 10.2 Å². The van der Waals surface area contributed by atoms with Crippen molar-refractivity contribution in [3.8, 4) is 5.75 Å². The molecule has 0 bridgehead atoms. The summed E-state index contributed by atoms with van der Waals surface area (Å²) in [6.45, 7) is 0. The van der Waals surface area contributed by atoms with Crippen LogP contribution in [0.1, 0.15) is 55.7 Å². The first kappa shape index (κ1) is 12.9. The molecule has 2 aliphatic rings. The molecule has 0 aliphatic heterocycles. The van der Waals surface area contributed by atoms with E-state index in [1.807, 2.05) is 12.1 Å². The molecular weight excluding hydrogens is 238 g/mol. The zero-order chi connectivity index (χ0) is 13.2. The minimum Gasteiger partial charge on any atom is -0.508 e. The van der Waals surface area contributed by atoms with Gasteiger partial charge in [-0.15, -0.1) is 0 Å². The zero-order valence-electron chi connectivity index (χ0n) is 11.3. The van der Waals surface area contributed by atoms with E-state index in [0.717, 1.165) is 38.5 Å². The second kappa shape index (κ2) is 5.51. The van der Waals surface area contributed by atoms with Gasteiger partial charge in [0.05, 0.1) is 6.10 Å². The van der Waals surface area contributed by atoms with E-state index in [9.17, 15) is 10.2 Å². The van der Waals surface area contributed by atoms with Crippen LogP contribution in [0.25, 0.3) is 0 Å². The van der Waals surface area contributed by atoms with Crippen LogP contribution < -0.4 is 5.32 Å². The van der Waals surface area contributed by atoms with Crippen molar-refractivity contribution >= 4 is 0 Å². The van der Waals surface area contributed by atoms with Gasteiger partial charge in [-0.3, -0.25) is 0 Å². The van der Waals surface area contributed by atoms with Gasteiger partial charge >= 0.3 is 0 Å². The molecule has 1 fully saturated rings. The van der Waals surface area contributed by atoms with Crippen molar-refractivity contribution in [2.24, 2.45) is 0 Å². The van der Waals surface area contributed by atoms with E-state index < -0.39 is 0 Å². The molecule has 3 rings (SSSR count). The van der Waals surface area contributed by atoms with Crippen LogP contribution in [-0.2, 0) is 6.42 Å². The van der Waals surface area contributed by atoms with E-state index in [2.05, 4.69) is 5.32 Å². The molecule has 3 atom stereocenters. The lowest BCUT2D eigenvalue weighted by Crippen LogP contribution is -2.39. The molecular formula is C16H23NO2. The molecule has 1 aromatic carbocycles. The first-order valence-electron chi connectivity index (χ1n) is 7.48. The molecule has 3 unspecified atom stereocenters. The van der Waals surface area contributed by atoms with Crippen LogP contribution in [0.3, 0.4) is 0 Å². The third-order valence-electron chi connectivity index (χ3n) is 4.53. The smallest absolute Gasteiger partial charge is 0.115 e. The highest BCUT2D eigenvalue weighted by Crippen LogP contribution is 2.33. The maximum atomic E-state index is 9.77. The molecule has 3 nitrogen and oxygen atoms in total. The quantitative estimate of drug-likeness (QED) is 0.767. The third kappa shape index (κ3) is 2.93. The summed E-state index contributed by atoms with van der Waals surface area (Å²) >= 11 is 0. The molecule has 0 amide bonds. The molecule has 104 valence electrons. The second-order valence-corrected chi connectivity index (χ2v) is 6.01. The highest BCUT2D eigenvalue weighted by atomic mass is 16.3. The number of hydrogen-bond acceptors (Lipinski definition) is 3. The molecule has 2 aliphatic carbocycles. The summed E-state index contributed by atoms with van der Waals surface area (Å²) < 4.78 is 0.